The molecule has 0 saturated heterocycles. The highest BCUT2D eigenvalue weighted by Crippen LogP contribution is 1.96. The molecular formula is C7H17NS2. The lowest BCUT2D eigenvalue weighted by Crippen LogP contribution is -2.22. The van der Waals surface area contributed by atoms with Crippen LogP contribution in [-0.4, -0.2) is 42.8 Å². The van der Waals surface area contributed by atoms with E-state index in [0.717, 1.165) is 12.3 Å². The molecule has 10 heavy (non-hydrogen) atoms. The van der Waals surface area contributed by atoms with Crippen LogP contribution in [0.5, 0.6) is 0 Å². The predicted molar refractivity (Wildman–Crippen MR) is 54.3 cm³/mol. The van der Waals surface area contributed by atoms with Gasteiger partial charge in [-0.25, -0.2) is 0 Å². The maximum atomic E-state index is 4.16. The van der Waals surface area contributed by atoms with Gasteiger partial charge in [0.05, 0.1) is 0 Å². The highest BCUT2D eigenvalue weighted by Gasteiger charge is 1.94. The quantitative estimate of drug-likeness (QED) is 0.487. The Morgan fingerprint density at radius 2 is 2.10 bits per heavy atom. The Morgan fingerprint density at radius 3 is 2.60 bits per heavy atom. The first kappa shape index (κ1) is 10.7. The first-order valence-corrected chi connectivity index (χ1v) is 5.62. The molecule has 0 N–H and O–H groups in total. The molecule has 0 aliphatic carbocycles. The lowest BCUT2D eigenvalue weighted by molar-refractivity contribution is 0.358. The molecule has 3 heteroatoms. The van der Waals surface area contributed by atoms with Gasteiger partial charge in [0.2, 0.25) is 0 Å². The lowest BCUT2D eigenvalue weighted by atomic mass is 10.4. The molecule has 1 nitrogen and oxygen atoms in total. The summed E-state index contributed by atoms with van der Waals surface area (Å²) in [5.41, 5.74) is 0. The smallest absolute Gasteiger partial charge is 0.00668 e. The molecule has 0 radical (unpaired) electrons. The number of hydrogen-bond donors (Lipinski definition) is 1. The molecule has 0 heterocycles. The summed E-state index contributed by atoms with van der Waals surface area (Å²) in [7, 11) is 2.15. The minimum absolute atomic E-state index is 0.968. The minimum atomic E-state index is 0.968. The van der Waals surface area contributed by atoms with Crippen LogP contribution < -0.4 is 0 Å². The van der Waals surface area contributed by atoms with Crippen LogP contribution in [0, 0.1) is 0 Å². The van der Waals surface area contributed by atoms with Crippen molar-refractivity contribution in [2.24, 2.45) is 0 Å². The summed E-state index contributed by atoms with van der Waals surface area (Å²) in [6, 6.07) is 0. The van der Waals surface area contributed by atoms with Crippen molar-refractivity contribution in [1.82, 2.24) is 4.90 Å². The van der Waals surface area contributed by atoms with Crippen LogP contribution in [0.1, 0.15) is 6.42 Å². The Bertz CT molecular complexity index is 68.6. The molecule has 0 rings (SSSR count). The first-order valence-electron chi connectivity index (χ1n) is 3.59. The lowest BCUT2D eigenvalue weighted by Gasteiger charge is -2.13. The van der Waals surface area contributed by atoms with Crippen molar-refractivity contribution in [3.63, 3.8) is 0 Å². The molecule has 0 saturated carbocycles. The number of nitrogens with zero attached hydrogens (tertiary/aromatic N) is 1. The van der Waals surface area contributed by atoms with E-state index in [2.05, 4.69) is 30.8 Å². The van der Waals surface area contributed by atoms with Crippen molar-refractivity contribution in [3.05, 3.63) is 0 Å². The molecule has 0 amide bonds. The van der Waals surface area contributed by atoms with Crippen LogP contribution in [0.4, 0.5) is 0 Å². The topological polar surface area (TPSA) is 3.24 Å². The van der Waals surface area contributed by atoms with E-state index in [1.54, 1.807) is 0 Å². The highest BCUT2D eigenvalue weighted by atomic mass is 32.2. The van der Waals surface area contributed by atoms with Crippen molar-refractivity contribution in [2.45, 2.75) is 6.42 Å². The molecular weight excluding hydrogens is 162 g/mol. The summed E-state index contributed by atoms with van der Waals surface area (Å²) >= 11 is 6.07. The Morgan fingerprint density at radius 1 is 1.40 bits per heavy atom. The fraction of sp³-hybridized carbons (Fsp3) is 1.00. The molecule has 0 aliphatic heterocycles. The Kier molecular flexibility index (Phi) is 8.28. The molecule has 0 fully saturated rings. The zero-order chi connectivity index (χ0) is 7.82. The maximum absolute atomic E-state index is 4.16. The highest BCUT2D eigenvalue weighted by molar-refractivity contribution is 7.98. The van der Waals surface area contributed by atoms with Crippen LogP contribution in [0.25, 0.3) is 0 Å². The summed E-state index contributed by atoms with van der Waals surface area (Å²) in [5, 5.41) is 0. The summed E-state index contributed by atoms with van der Waals surface area (Å²) < 4.78 is 0. The van der Waals surface area contributed by atoms with E-state index in [0.29, 0.717) is 0 Å². The second-order valence-electron chi connectivity index (χ2n) is 2.37. The number of rotatable bonds is 6. The number of thioether (sulfide) groups is 1. The fourth-order valence-corrected chi connectivity index (χ4v) is 1.52. The molecule has 0 bridgehead atoms. The van der Waals surface area contributed by atoms with E-state index < -0.39 is 0 Å². The van der Waals surface area contributed by atoms with Gasteiger partial charge < -0.3 is 4.90 Å². The van der Waals surface area contributed by atoms with Crippen LogP contribution in [-0.2, 0) is 0 Å². The average Bonchev–Trinajstić information content (AvgIpc) is 1.89. The van der Waals surface area contributed by atoms with Crippen molar-refractivity contribution < 1.29 is 0 Å². The Balaban J connectivity index is 2.97. The van der Waals surface area contributed by atoms with E-state index in [4.69, 9.17) is 0 Å². The summed E-state index contributed by atoms with van der Waals surface area (Å²) in [6.45, 7) is 2.32. The Labute approximate surface area is 74.0 Å². The molecule has 0 atom stereocenters. The zero-order valence-electron chi connectivity index (χ0n) is 6.84. The van der Waals surface area contributed by atoms with Gasteiger partial charge in [-0.3, -0.25) is 0 Å². The van der Waals surface area contributed by atoms with E-state index in [1.165, 1.54) is 18.7 Å². The minimum Gasteiger partial charge on any atom is -0.306 e. The maximum Gasteiger partial charge on any atom is 0.00668 e. The van der Waals surface area contributed by atoms with Gasteiger partial charge in [0, 0.05) is 12.3 Å². The van der Waals surface area contributed by atoms with Crippen LogP contribution >= 0.6 is 24.4 Å². The molecule has 0 unspecified atom stereocenters. The number of thiol groups is 1. The van der Waals surface area contributed by atoms with Crippen molar-refractivity contribution in [3.8, 4) is 0 Å². The Hall–Kier alpha value is 0.660. The fourth-order valence-electron chi connectivity index (χ4n) is 0.761. The third-order valence-corrected chi connectivity index (χ3v) is 2.27. The van der Waals surface area contributed by atoms with E-state index in [9.17, 15) is 0 Å². The van der Waals surface area contributed by atoms with E-state index >= 15 is 0 Å². The standard InChI is InChI=1S/C7H17NS2/c1-8(5-6-9)4-3-7-10-2/h9H,3-7H2,1-2H3. The second kappa shape index (κ2) is 7.76. The van der Waals surface area contributed by atoms with E-state index in [1.807, 2.05) is 11.8 Å². The summed E-state index contributed by atoms with van der Waals surface area (Å²) in [5.74, 6) is 2.24. The summed E-state index contributed by atoms with van der Waals surface area (Å²) in [4.78, 5) is 2.32. The van der Waals surface area contributed by atoms with Gasteiger partial charge in [-0.2, -0.15) is 24.4 Å². The molecule has 62 valence electrons. The monoisotopic (exact) mass is 179 g/mol. The van der Waals surface area contributed by atoms with Crippen molar-refractivity contribution >= 4 is 24.4 Å². The molecule has 0 aromatic rings. The zero-order valence-corrected chi connectivity index (χ0v) is 8.55. The second-order valence-corrected chi connectivity index (χ2v) is 3.81. The van der Waals surface area contributed by atoms with Crippen molar-refractivity contribution in [2.75, 3.05) is 37.9 Å². The normalized spacial score (nSPS) is 10.8. The predicted octanol–water partition coefficient (Wildman–Crippen LogP) is 1.60. The molecule has 0 spiro atoms. The third-order valence-electron chi connectivity index (χ3n) is 1.37. The van der Waals surface area contributed by atoms with Gasteiger partial charge in [-0.05, 0) is 32.0 Å². The van der Waals surface area contributed by atoms with Crippen LogP contribution in [0.3, 0.4) is 0 Å². The number of hydrogen-bond acceptors (Lipinski definition) is 3. The largest absolute Gasteiger partial charge is 0.306 e. The van der Waals surface area contributed by atoms with Crippen LogP contribution in [0.2, 0.25) is 0 Å². The summed E-state index contributed by atoms with van der Waals surface area (Å²) in [6.07, 6.45) is 3.45. The third kappa shape index (κ3) is 6.78. The van der Waals surface area contributed by atoms with Crippen molar-refractivity contribution in [1.29, 1.82) is 0 Å². The van der Waals surface area contributed by atoms with Gasteiger partial charge in [-0.15, -0.1) is 0 Å². The van der Waals surface area contributed by atoms with Gasteiger partial charge in [0.1, 0.15) is 0 Å². The van der Waals surface area contributed by atoms with Gasteiger partial charge in [0.25, 0.3) is 0 Å². The van der Waals surface area contributed by atoms with Crippen LogP contribution in [0.15, 0.2) is 0 Å². The average molecular weight is 179 g/mol. The molecule has 0 aromatic carbocycles. The van der Waals surface area contributed by atoms with Gasteiger partial charge in [-0.1, -0.05) is 0 Å². The first-order chi connectivity index (χ1) is 4.81. The molecule has 0 aromatic heterocycles. The molecule has 0 aliphatic rings. The van der Waals surface area contributed by atoms with Gasteiger partial charge >= 0.3 is 0 Å². The van der Waals surface area contributed by atoms with E-state index in [-0.39, 0.29) is 0 Å². The van der Waals surface area contributed by atoms with Gasteiger partial charge in [0.15, 0.2) is 0 Å². The SMILES string of the molecule is CSCCCN(C)CCS.